The zero-order chi connectivity index (χ0) is 45.4. The summed E-state index contributed by atoms with van der Waals surface area (Å²) in [7, 11) is -3.47. The van der Waals surface area contributed by atoms with Gasteiger partial charge in [-0.1, -0.05) is 98.7 Å². The van der Waals surface area contributed by atoms with E-state index in [0.29, 0.717) is 13.0 Å². The molecule has 0 bridgehead atoms. The summed E-state index contributed by atoms with van der Waals surface area (Å²) in [4.78, 5) is 58.6. The van der Waals surface area contributed by atoms with Gasteiger partial charge in [0.05, 0.1) is 30.8 Å². The molecule has 4 saturated heterocycles. The van der Waals surface area contributed by atoms with Crippen LogP contribution in [0.25, 0.3) is 0 Å². The maximum absolute atomic E-state index is 12.4. The lowest BCUT2D eigenvalue weighted by molar-refractivity contribution is -0.161. The molecule has 0 aliphatic carbocycles. The average Bonchev–Trinajstić information content (AvgIpc) is 3.24. The Morgan fingerprint density at radius 3 is 1.57 bits per heavy atom. The van der Waals surface area contributed by atoms with Gasteiger partial charge in [0.15, 0.2) is 28.8 Å². The molecule has 340 valence electrons. The molecule has 5 amide bonds. The topological polar surface area (TPSA) is 182 Å². The molecule has 4 N–H and O–H groups in total. The molecule has 0 radical (unpaired) electrons. The van der Waals surface area contributed by atoms with Gasteiger partial charge >= 0.3 is 6.09 Å². The third-order valence-electron chi connectivity index (χ3n) is 12.0. The van der Waals surface area contributed by atoms with Gasteiger partial charge in [-0.05, 0) is 81.9 Å². The van der Waals surface area contributed by atoms with Crippen molar-refractivity contribution in [1.29, 1.82) is 0 Å². The van der Waals surface area contributed by atoms with Crippen LogP contribution in [0, 0.1) is 0 Å². The fraction of sp³-hybridized carbons (Fsp3) is 0.705. The van der Waals surface area contributed by atoms with Crippen LogP contribution < -0.4 is 16.0 Å². The number of carbonyl (C=O) groups is 5. The van der Waals surface area contributed by atoms with Crippen molar-refractivity contribution in [3.63, 3.8) is 0 Å². The average molecular weight is 877 g/mol. The minimum atomic E-state index is -1.86. The molecule has 1 aromatic carbocycles. The quantitative estimate of drug-likeness (QED) is 0.0745. The van der Waals surface area contributed by atoms with E-state index in [9.17, 15) is 24.0 Å². The number of hydrogen-bond acceptors (Lipinski definition) is 10. The van der Waals surface area contributed by atoms with Crippen LogP contribution in [0.15, 0.2) is 43.0 Å². The Hall–Kier alpha value is -3.42. The molecular formula is C44H76N4O10Si2. The molecular weight excluding hydrogens is 801 g/mol. The minimum absolute atomic E-state index is 0.0162. The number of ether oxygens (including phenoxy) is 2. The Morgan fingerprint density at radius 2 is 1.20 bits per heavy atom. The zero-order valence-electron chi connectivity index (χ0n) is 38.4. The SMILES string of the molecule is C=C[C@@H]1NC(=O)[C@@H]1OCc1ccccc1.CC[C@@H]1NC(=O)[C@@H]1O.CC[C@@H]1NC(=O)[C@@H]1O[Si](CC)(CC)CC.CC[C@H]1[C@@H](O[Si](CC)(CC)CC)C(=O)N1C(=O)OC(C)(C)C. The van der Waals surface area contributed by atoms with Crippen LogP contribution in [0.5, 0.6) is 0 Å². The number of aliphatic hydroxyl groups excluding tert-OH is 1. The van der Waals surface area contributed by atoms with Crippen LogP contribution in [-0.2, 0) is 44.1 Å². The number of benzene rings is 1. The van der Waals surface area contributed by atoms with E-state index < -0.39 is 40.5 Å². The summed E-state index contributed by atoms with van der Waals surface area (Å²) in [5.41, 5.74) is 0.469. The molecule has 4 heterocycles. The van der Waals surface area contributed by atoms with Crippen molar-refractivity contribution < 1.29 is 47.4 Å². The van der Waals surface area contributed by atoms with Crippen molar-refractivity contribution >= 4 is 46.4 Å². The highest BCUT2D eigenvalue weighted by Crippen LogP contribution is 2.34. The summed E-state index contributed by atoms with van der Waals surface area (Å²) in [6.45, 7) is 28.4. The van der Waals surface area contributed by atoms with Crippen LogP contribution in [0.1, 0.15) is 108 Å². The number of nitrogens with zero attached hydrogens (tertiary/aromatic N) is 1. The van der Waals surface area contributed by atoms with E-state index in [-0.39, 0.29) is 60.0 Å². The fourth-order valence-electron chi connectivity index (χ4n) is 7.27. The van der Waals surface area contributed by atoms with Gasteiger partial charge in [-0.25, -0.2) is 9.69 Å². The van der Waals surface area contributed by atoms with Crippen LogP contribution in [-0.4, -0.2) is 111 Å². The Bertz CT molecular complexity index is 1540. The van der Waals surface area contributed by atoms with Crippen molar-refractivity contribution in [1.82, 2.24) is 20.9 Å². The minimum Gasteiger partial charge on any atom is -0.443 e. The largest absolute Gasteiger partial charge is 0.443 e. The number of nitrogens with one attached hydrogen (secondary N) is 3. The van der Waals surface area contributed by atoms with E-state index >= 15 is 0 Å². The van der Waals surface area contributed by atoms with Crippen LogP contribution in [0.2, 0.25) is 36.3 Å². The van der Waals surface area contributed by atoms with Gasteiger partial charge in [-0.2, -0.15) is 0 Å². The lowest BCUT2D eigenvalue weighted by atomic mass is 9.96. The van der Waals surface area contributed by atoms with Crippen LogP contribution in [0.3, 0.4) is 0 Å². The van der Waals surface area contributed by atoms with Crippen molar-refractivity contribution in [3.8, 4) is 0 Å². The summed E-state index contributed by atoms with van der Waals surface area (Å²) in [6, 6.07) is 16.1. The highest BCUT2D eigenvalue weighted by molar-refractivity contribution is 6.74. The molecule has 0 saturated carbocycles. The van der Waals surface area contributed by atoms with Gasteiger partial charge in [0.25, 0.3) is 17.7 Å². The first kappa shape index (κ1) is 52.7. The van der Waals surface area contributed by atoms with Crippen LogP contribution in [0.4, 0.5) is 4.79 Å². The van der Waals surface area contributed by atoms with Crippen molar-refractivity contribution in [2.75, 3.05) is 0 Å². The second-order valence-electron chi connectivity index (χ2n) is 16.7. The summed E-state index contributed by atoms with van der Waals surface area (Å²) in [5.74, 6) is -0.449. The molecule has 5 rings (SSSR count). The Kier molecular flexibility index (Phi) is 21.3. The van der Waals surface area contributed by atoms with E-state index in [0.717, 1.165) is 54.7 Å². The highest BCUT2D eigenvalue weighted by atomic mass is 28.4. The number of β-lactam (4-membered cyclic amide) rings is 4. The molecule has 1 aromatic rings. The second-order valence-corrected chi connectivity index (χ2v) is 26.2. The molecule has 4 fully saturated rings. The van der Waals surface area contributed by atoms with Gasteiger partial charge in [0, 0.05) is 0 Å². The van der Waals surface area contributed by atoms with E-state index in [1.165, 1.54) is 4.90 Å². The summed E-state index contributed by atoms with van der Waals surface area (Å²) < 4.78 is 23.3. The predicted octanol–water partition coefficient (Wildman–Crippen LogP) is 6.73. The predicted molar refractivity (Wildman–Crippen MR) is 239 cm³/mol. The van der Waals surface area contributed by atoms with Crippen LogP contribution >= 0.6 is 0 Å². The smallest absolute Gasteiger partial charge is 0.417 e. The Labute approximate surface area is 361 Å². The maximum Gasteiger partial charge on any atom is 0.417 e. The number of rotatable bonds is 17. The molecule has 60 heavy (non-hydrogen) atoms. The number of hydrogen-bond donors (Lipinski definition) is 4. The van der Waals surface area contributed by atoms with Crippen molar-refractivity contribution in [2.45, 2.75) is 199 Å². The molecule has 0 aromatic heterocycles. The first-order chi connectivity index (χ1) is 28.3. The zero-order valence-corrected chi connectivity index (χ0v) is 40.4. The van der Waals surface area contributed by atoms with Crippen molar-refractivity contribution in [2.24, 2.45) is 0 Å². The molecule has 14 nitrogen and oxygen atoms in total. The molecule has 4 aliphatic heterocycles. The first-order valence-corrected chi connectivity index (χ1v) is 27.2. The summed E-state index contributed by atoms with van der Waals surface area (Å²) >= 11 is 0. The molecule has 16 heteroatoms. The summed E-state index contributed by atoms with van der Waals surface area (Å²) in [6.07, 6.45) is 1.88. The number of amides is 5. The summed E-state index contributed by atoms with van der Waals surface area (Å²) in [5, 5.41) is 16.9. The first-order valence-electron chi connectivity index (χ1n) is 22.1. The monoisotopic (exact) mass is 877 g/mol. The lowest BCUT2D eigenvalue weighted by Gasteiger charge is -2.48. The molecule has 4 aliphatic rings. The van der Waals surface area contributed by atoms with E-state index in [4.69, 9.17) is 23.4 Å². The third-order valence-corrected chi connectivity index (χ3v) is 21.3. The van der Waals surface area contributed by atoms with Gasteiger partial charge in [0.2, 0.25) is 5.91 Å². The van der Waals surface area contributed by atoms with Gasteiger partial charge < -0.3 is 39.4 Å². The standard InChI is InChI=1S/C16H31NO4Si.C12H13NO2.C11H23NO2Si.C5H9NO2/c1-8-12-13(21-22(9-2,10-3)11-4)14(18)17(12)15(19)20-16(5,6)7;1-2-10-11(12(14)13-10)15-8-9-6-4-3-5-7-9;1-5-9-10(11(13)12-9)14-15(6-2,7-3)8-4;1-2-3-4(7)5(8)6-3/h12-13H,8-11H2,1-7H3;2-7,10-11H,1,8H2,(H,13,14);9-10H,5-8H2,1-4H3,(H,12,13);3-4,7H,2H2,1H3,(H,6,8)/t12-,13+;10-,11+;9-,10+;3-,4+/m0000/s1. The fourth-order valence-corrected chi connectivity index (χ4v) is 12.9. The second kappa shape index (κ2) is 24.3. The molecule has 8 atom stereocenters. The number of imide groups is 1. The van der Waals surface area contributed by atoms with Crippen molar-refractivity contribution in [3.05, 3.63) is 48.6 Å². The third kappa shape index (κ3) is 13.8. The number of likely N-dealkylation sites (tertiary alicyclic amines) is 1. The van der Waals surface area contributed by atoms with Gasteiger partial charge in [-0.3, -0.25) is 19.2 Å². The number of carbonyl (C=O) groups excluding carboxylic acids is 5. The van der Waals surface area contributed by atoms with E-state index in [1.54, 1.807) is 26.8 Å². The Morgan fingerprint density at radius 1 is 0.717 bits per heavy atom. The Balaban J connectivity index is 0.000000289. The van der Waals surface area contributed by atoms with E-state index in [2.05, 4.69) is 71.0 Å². The van der Waals surface area contributed by atoms with Gasteiger partial charge in [-0.15, -0.1) is 6.58 Å². The lowest BCUT2D eigenvalue weighted by Crippen LogP contribution is -2.69. The number of aliphatic hydroxyl groups is 1. The van der Waals surface area contributed by atoms with E-state index in [1.807, 2.05) is 44.2 Å². The highest BCUT2D eigenvalue weighted by Gasteiger charge is 2.54. The maximum atomic E-state index is 12.4. The molecule has 0 spiro atoms. The van der Waals surface area contributed by atoms with Gasteiger partial charge in [0.1, 0.15) is 17.8 Å². The molecule has 0 unspecified atom stereocenters. The normalized spacial score (nSPS) is 25.6.